The molecule has 3 rings (SSSR count). The van der Waals surface area contributed by atoms with Gasteiger partial charge in [-0.1, -0.05) is 37.3 Å². The minimum Gasteiger partial charge on any atom is -0.368 e. The first-order valence-corrected chi connectivity index (χ1v) is 6.98. The van der Waals surface area contributed by atoms with E-state index in [1.807, 2.05) is 37.3 Å². The number of amides is 3. The highest BCUT2D eigenvalue weighted by Gasteiger charge is 2.55. The second-order valence-corrected chi connectivity index (χ2v) is 5.72. The van der Waals surface area contributed by atoms with Crippen molar-refractivity contribution >= 4 is 11.9 Å². The van der Waals surface area contributed by atoms with Crippen molar-refractivity contribution < 1.29 is 9.59 Å². The molecule has 0 aliphatic carbocycles. The Morgan fingerprint density at radius 1 is 1.45 bits per heavy atom. The number of rotatable bonds is 3. The summed E-state index contributed by atoms with van der Waals surface area (Å²) in [6, 6.07) is 9.76. The van der Waals surface area contributed by atoms with E-state index in [1.165, 1.54) is 0 Å². The molecule has 0 spiro atoms. The van der Waals surface area contributed by atoms with E-state index in [2.05, 4.69) is 5.32 Å². The summed E-state index contributed by atoms with van der Waals surface area (Å²) in [6.07, 6.45) is 1.41. The zero-order valence-electron chi connectivity index (χ0n) is 11.5. The normalized spacial score (nSPS) is 29.9. The van der Waals surface area contributed by atoms with Crippen LogP contribution >= 0.6 is 0 Å². The van der Waals surface area contributed by atoms with Crippen LogP contribution in [-0.2, 0) is 4.79 Å². The summed E-state index contributed by atoms with van der Waals surface area (Å²) in [7, 11) is 0. The van der Waals surface area contributed by atoms with E-state index in [9.17, 15) is 9.59 Å². The van der Waals surface area contributed by atoms with Crippen molar-refractivity contribution in [1.29, 1.82) is 0 Å². The number of hydrogen-bond acceptors (Lipinski definition) is 2. The molecule has 3 amide bonds. The van der Waals surface area contributed by atoms with E-state index >= 15 is 0 Å². The summed E-state index contributed by atoms with van der Waals surface area (Å²) < 4.78 is 0. The molecule has 1 aromatic carbocycles. The van der Waals surface area contributed by atoms with Crippen molar-refractivity contribution in [3.05, 3.63) is 35.9 Å². The molecular weight excluding hydrogens is 254 g/mol. The van der Waals surface area contributed by atoms with Gasteiger partial charge in [0.2, 0.25) is 5.91 Å². The second-order valence-electron chi connectivity index (χ2n) is 5.72. The molecule has 0 saturated carbocycles. The molecule has 2 aliphatic rings. The number of urea groups is 1. The Hall–Kier alpha value is -2.04. The molecule has 5 nitrogen and oxygen atoms in total. The van der Waals surface area contributed by atoms with Gasteiger partial charge in [0.05, 0.1) is 0 Å². The van der Waals surface area contributed by atoms with Gasteiger partial charge < -0.3 is 16.0 Å². The first kappa shape index (κ1) is 13.0. The molecule has 2 fully saturated rings. The van der Waals surface area contributed by atoms with E-state index in [1.54, 1.807) is 4.90 Å². The van der Waals surface area contributed by atoms with Gasteiger partial charge in [-0.05, 0) is 18.4 Å². The van der Waals surface area contributed by atoms with Crippen molar-refractivity contribution in [2.24, 2.45) is 5.73 Å². The molecule has 3 N–H and O–H groups in total. The van der Waals surface area contributed by atoms with Crippen LogP contribution in [-0.4, -0.2) is 35.0 Å². The van der Waals surface area contributed by atoms with Crippen molar-refractivity contribution in [1.82, 2.24) is 10.2 Å². The molecule has 106 valence electrons. The lowest BCUT2D eigenvalue weighted by Crippen LogP contribution is -2.62. The molecule has 0 radical (unpaired) electrons. The number of hydrogen-bond donors (Lipinski definition) is 2. The average Bonchev–Trinajstić information content (AvgIpc) is 2.76. The van der Waals surface area contributed by atoms with Crippen LogP contribution in [0.5, 0.6) is 0 Å². The van der Waals surface area contributed by atoms with Crippen molar-refractivity contribution in [2.45, 2.75) is 37.3 Å². The Kier molecular flexibility index (Phi) is 2.92. The molecule has 20 heavy (non-hydrogen) atoms. The molecule has 3 atom stereocenters. The third kappa shape index (κ3) is 1.69. The average molecular weight is 273 g/mol. The third-order valence-corrected chi connectivity index (χ3v) is 4.77. The van der Waals surface area contributed by atoms with Gasteiger partial charge in [-0.3, -0.25) is 4.79 Å². The minimum absolute atomic E-state index is 0.119. The summed E-state index contributed by atoms with van der Waals surface area (Å²) in [6.45, 7) is 2.55. The summed E-state index contributed by atoms with van der Waals surface area (Å²) in [5.74, 6) is -0.532. The maximum Gasteiger partial charge on any atom is 0.318 e. The zero-order chi connectivity index (χ0) is 14.3. The van der Waals surface area contributed by atoms with Gasteiger partial charge in [-0.25, -0.2) is 4.79 Å². The van der Waals surface area contributed by atoms with Crippen LogP contribution in [0.2, 0.25) is 0 Å². The summed E-state index contributed by atoms with van der Waals surface area (Å²) in [4.78, 5) is 26.0. The number of benzene rings is 1. The van der Waals surface area contributed by atoms with E-state index in [-0.39, 0.29) is 18.0 Å². The summed E-state index contributed by atoms with van der Waals surface area (Å²) in [5, 5.41) is 2.91. The molecule has 1 aromatic rings. The second kappa shape index (κ2) is 4.51. The molecule has 2 saturated heterocycles. The molecule has 5 heteroatoms. The van der Waals surface area contributed by atoms with E-state index in [0.717, 1.165) is 12.0 Å². The fourth-order valence-corrected chi connectivity index (χ4v) is 3.58. The maximum absolute atomic E-state index is 12.2. The van der Waals surface area contributed by atoms with Crippen LogP contribution < -0.4 is 11.1 Å². The summed E-state index contributed by atoms with van der Waals surface area (Å²) >= 11 is 0. The Labute approximate surface area is 118 Å². The van der Waals surface area contributed by atoms with Gasteiger partial charge in [0.25, 0.3) is 0 Å². The lowest BCUT2D eigenvalue weighted by atomic mass is 9.73. The molecule has 3 unspecified atom stereocenters. The number of nitrogens with two attached hydrogens (primary N) is 1. The Balaban J connectivity index is 2.04. The van der Waals surface area contributed by atoms with Crippen LogP contribution in [0.3, 0.4) is 0 Å². The SMILES string of the molecule is CC(c1ccccc1)C1(C(N)=O)CCC2CN1C(=O)N2. The van der Waals surface area contributed by atoms with E-state index < -0.39 is 11.4 Å². The van der Waals surface area contributed by atoms with Crippen LogP contribution in [0.25, 0.3) is 0 Å². The van der Waals surface area contributed by atoms with Gasteiger partial charge >= 0.3 is 6.03 Å². The molecule has 2 aliphatic heterocycles. The lowest BCUT2D eigenvalue weighted by Gasteiger charge is -2.45. The Bertz CT molecular complexity index is 545. The fourth-order valence-electron chi connectivity index (χ4n) is 3.58. The smallest absolute Gasteiger partial charge is 0.318 e. The van der Waals surface area contributed by atoms with Crippen LogP contribution in [0.1, 0.15) is 31.2 Å². The van der Waals surface area contributed by atoms with Gasteiger partial charge in [-0.15, -0.1) is 0 Å². The molecule has 2 heterocycles. The van der Waals surface area contributed by atoms with Gasteiger partial charge in [0.1, 0.15) is 5.54 Å². The number of carbonyl (C=O) groups is 2. The molecule has 2 bridgehead atoms. The predicted octanol–water partition coefficient (Wildman–Crippen LogP) is 1.20. The standard InChI is InChI=1S/C15H19N3O2/c1-10(11-5-3-2-4-6-11)15(13(16)19)8-7-12-9-18(15)14(20)17-12/h2-6,10,12H,7-9H2,1H3,(H2,16,19)(H,17,20). The zero-order valence-corrected chi connectivity index (χ0v) is 11.5. The summed E-state index contributed by atoms with van der Waals surface area (Å²) in [5.41, 5.74) is 5.84. The maximum atomic E-state index is 12.2. The Morgan fingerprint density at radius 3 is 2.80 bits per heavy atom. The molecule has 0 aromatic heterocycles. The van der Waals surface area contributed by atoms with Gasteiger partial charge in [0, 0.05) is 18.5 Å². The van der Waals surface area contributed by atoms with Crippen LogP contribution in [0.4, 0.5) is 4.79 Å². The van der Waals surface area contributed by atoms with Crippen molar-refractivity contribution in [3.8, 4) is 0 Å². The first-order valence-electron chi connectivity index (χ1n) is 6.98. The van der Waals surface area contributed by atoms with Crippen molar-refractivity contribution in [2.75, 3.05) is 6.54 Å². The quantitative estimate of drug-likeness (QED) is 0.868. The van der Waals surface area contributed by atoms with E-state index in [4.69, 9.17) is 5.73 Å². The highest BCUT2D eigenvalue weighted by molar-refractivity contribution is 5.92. The minimum atomic E-state index is -0.918. The van der Waals surface area contributed by atoms with Gasteiger partial charge in [0.15, 0.2) is 0 Å². The number of primary amides is 1. The number of nitrogens with zero attached hydrogens (tertiary/aromatic N) is 1. The van der Waals surface area contributed by atoms with Crippen LogP contribution in [0.15, 0.2) is 30.3 Å². The fraction of sp³-hybridized carbons (Fsp3) is 0.467. The first-order chi connectivity index (χ1) is 9.55. The topological polar surface area (TPSA) is 75.4 Å². The molecular formula is C15H19N3O2. The van der Waals surface area contributed by atoms with E-state index in [0.29, 0.717) is 13.0 Å². The highest BCUT2D eigenvalue weighted by atomic mass is 16.2. The van der Waals surface area contributed by atoms with Crippen molar-refractivity contribution in [3.63, 3.8) is 0 Å². The highest BCUT2D eigenvalue weighted by Crippen LogP contribution is 2.42. The number of fused-ring (bicyclic) bond motifs is 2. The lowest BCUT2D eigenvalue weighted by molar-refractivity contribution is -0.131. The third-order valence-electron chi connectivity index (χ3n) is 4.77. The Morgan fingerprint density at radius 2 is 2.15 bits per heavy atom. The predicted molar refractivity (Wildman–Crippen MR) is 75.0 cm³/mol. The largest absolute Gasteiger partial charge is 0.368 e. The number of carbonyl (C=O) groups excluding carboxylic acids is 2. The number of piperidine rings is 1. The monoisotopic (exact) mass is 273 g/mol. The van der Waals surface area contributed by atoms with Crippen LogP contribution in [0, 0.1) is 0 Å². The number of nitrogens with one attached hydrogen (secondary N) is 1. The van der Waals surface area contributed by atoms with Gasteiger partial charge in [-0.2, -0.15) is 0 Å².